The normalized spacial score (nSPS) is 14.3. The molecule has 0 radical (unpaired) electrons. The van der Waals surface area contributed by atoms with E-state index >= 15 is 0 Å². The summed E-state index contributed by atoms with van der Waals surface area (Å²) in [6, 6.07) is 9.54. The lowest BCUT2D eigenvalue weighted by molar-refractivity contribution is 0.156. The molecule has 0 fully saturated rings. The summed E-state index contributed by atoms with van der Waals surface area (Å²) in [6.07, 6.45) is 3.18. The summed E-state index contributed by atoms with van der Waals surface area (Å²) in [5.74, 6) is 0. The summed E-state index contributed by atoms with van der Waals surface area (Å²) in [7, 11) is 1.75. The average molecular weight is 264 g/mol. The predicted octanol–water partition coefficient (Wildman–Crippen LogP) is 2.65. The van der Waals surface area contributed by atoms with E-state index < -0.39 is 0 Å². The van der Waals surface area contributed by atoms with Crippen LogP contribution in [0.5, 0.6) is 0 Å². The van der Waals surface area contributed by atoms with Gasteiger partial charge >= 0.3 is 0 Å². The van der Waals surface area contributed by atoms with Gasteiger partial charge < -0.3 is 15.8 Å². The van der Waals surface area contributed by atoms with Crippen molar-refractivity contribution in [2.24, 2.45) is 5.73 Å². The molecule has 2 unspecified atom stereocenters. The smallest absolute Gasteiger partial charge is 0.0616 e. The predicted molar refractivity (Wildman–Crippen MR) is 81.3 cm³/mol. The SMILES string of the molecule is CCc1ccc(C(C)NC(CCCN)COC)cc1. The summed E-state index contributed by atoms with van der Waals surface area (Å²) in [5, 5.41) is 3.63. The zero-order valence-corrected chi connectivity index (χ0v) is 12.5. The second kappa shape index (κ2) is 9.08. The van der Waals surface area contributed by atoms with Crippen molar-refractivity contribution in [3.8, 4) is 0 Å². The Morgan fingerprint density at radius 1 is 1.26 bits per heavy atom. The highest BCUT2D eigenvalue weighted by Crippen LogP contribution is 2.15. The van der Waals surface area contributed by atoms with E-state index in [4.69, 9.17) is 10.5 Å². The van der Waals surface area contributed by atoms with Gasteiger partial charge in [-0.05, 0) is 43.9 Å². The zero-order valence-electron chi connectivity index (χ0n) is 12.5. The van der Waals surface area contributed by atoms with E-state index in [1.165, 1.54) is 11.1 Å². The van der Waals surface area contributed by atoms with E-state index in [1.807, 2.05) is 0 Å². The first kappa shape index (κ1) is 16.2. The minimum absolute atomic E-state index is 0.337. The molecule has 0 amide bonds. The van der Waals surface area contributed by atoms with Gasteiger partial charge in [-0.2, -0.15) is 0 Å². The van der Waals surface area contributed by atoms with Crippen molar-refractivity contribution in [2.75, 3.05) is 20.3 Å². The van der Waals surface area contributed by atoms with Gasteiger partial charge in [-0.3, -0.25) is 0 Å². The molecule has 1 aromatic carbocycles. The number of hydrogen-bond acceptors (Lipinski definition) is 3. The van der Waals surface area contributed by atoms with Gasteiger partial charge in [-0.15, -0.1) is 0 Å². The van der Waals surface area contributed by atoms with E-state index in [1.54, 1.807) is 7.11 Å². The Bertz CT molecular complexity index is 337. The van der Waals surface area contributed by atoms with Crippen LogP contribution in [0.15, 0.2) is 24.3 Å². The molecule has 108 valence electrons. The van der Waals surface area contributed by atoms with Gasteiger partial charge in [-0.25, -0.2) is 0 Å². The van der Waals surface area contributed by atoms with E-state index in [0.717, 1.165) is 32.4 Å². The Morgan fingerprint density at radius 3 is 2.47 bits per heavy atom. The molecule has 19 heavy (non-hydrogen) atoms. The first-order valence-electron chi connectivity index (χ1n) is 7.25. The molecule has 0 aliphatic rings. The van der Waals surface area contributed by atoms with Crippen molar-refractivity contribution >= 4 is 0 Å². The van der Waals surface area contributed by atoms with Crippen LogP contribution in [0.1, 0.15) is 43.9 Å². The molecular formula is C16H28N2O. The van der Waals surface area contributed by atoms with Crippen LogP contribution in [0.4, 0.5) is 0 Å². The fourth-order valence-corrected chi connectivity index (χ4v) is 2.27. The highest BCUT2D eigenvalue weighted by atomic mass is 16.5. The number of ether oxygens (including phenoxy) is 1. The quantitative estimate of drug-likeness (QED) is 0.721. The van der Waals surface area contributed by atoms with Gasteiger partial charge in [-0.1, -0.05) is 31.2 Å². The summed E-state index contributed by atoms with van der Waals surface area (Å²) in [4.78, 5) is 0. The molecule has 0 aromatic heterocycles. The van der Waals surface area contributed by atoms with Gasteiger partial charge in [0, 0.05) is 19.2 Å². The highest BCUT2D eigenvalue weighted by Gasteiger charge is 2.12. The zero-order chi connectivity index (χ0) is 14.1. The largest absolute Gasteiger partial charge is 0.383 e. The lowest BCUT2D eigenvalue weighted by Crippen LogP contribution is -2.35. The standard InChI is InChI=1S/C16H28N2O/c1-4-14-7-9-15(10-8-14)13(2)18-16(12-19-3)6-5-11-17/h7-10,13,16,18H,4-6,11-12,17H2,1-3H3. The van der Waals surface area contributed by atoms with Crippen LogP contribution >= 0.6 is 0 Å². The molecule has 3 N–H and O–H groups in total. The maximum atomic E-state index is 5.58. The minimum atomic E-state index is 0.337. The minimum Gasteiger partial charge on any atom is -0.383 e. The molecule has 1 rings (SSSR count). The maximum absolute atomic E-state index is 5.58. The van der Waals surface area contributed by atoms with Crippen LogP contribution in [0.3, 0.4) is 0 Å². The number of nitrogens with two attached hydrogens (primary N) is 1. The number of aryl methyl sites for hydroxylation is 1. The second-order valence-corrected chi connectivity index (χ2v) is 5.07. The average Bonchev–Trinajstić information content (AvgIpc) is 2.45. The first-order valence-corrected chi connectivity index (χ1v) is 7.25. The molecular weight excluding hydrogens is 236 g/mol. The number of hydrogen-bond donors (Lipinski definition) is 2. The topological polar surface area (TPSA) is 47.3 Å². The molecule has 0 aliphatic carbocycles. The van der Waals surface area contributed by atoms with Crippen molar-refractivity contribution in [3.05, 3.63) is 35.4 Å². The summed E-state index contributed by atoms with van der Waals surface area (Å²) in [5.41, 5.74) is 8.29. The van der Waals surface area contributed by atoms with Crippen molar-refractivity contribution in [2.45, 2.75) is 45.2 Å². The lowest BCUT2D eigenvalue weighted by atomic mass is 10.0. The highest BCUT2D eigenvalue weighted by molar-refractivity contribution is 5.24. The van der Waals surface area contributed by atoms with Crippen LogP contribution in [0, 0.1) is 0 Å². The number of benzene rings is 1. The van der Waals surface area contributed by atoms with Crippen molar-refractivity contribution in [1.29, 1.82) is 0 Å². The Hall–Kier alpha value is -0.900. The third-order valence-corrected chi connectivity index (χ3v) is 3.50. The molecule has 0 saturated carbocycles. The number of rotatable bonds is 9. The Balaban J connectivity index is 2.55. The van der Waals surface area contributed by atoms with Crippen LogP contribution in [0.25, 0.3) is 0 Å². The van der Waals surface area contributed by atoms with E-state index in [9.17, 15) is 0 Å². The fourth-order valence-electron chi connectivity index (χ4n) is 2.27. The van der Waals surface area contributed by atoms with Gasteiger partial charge in [0.25, 0.3) is 0 Å². The third-order valence-electron chi connectivity index (χ3n) is 3.50. The third kappa shape index (κ3) is 5.72. The van der Waals surface area contributed by atoms with Crippen LogP contribution in [0.2, 0.25) is 0 Å². The van der Waals surface area contributed by atoms with Gasteiger partial charge in [0.15, 0.2) is 0 Å². The summed E-state index contributed by atoms with van der Waals surface area (Å²) < 4.78 is 5.27. The monoisotopic (exact) mass is 264 g/mol. The van der Waals surface area contributed by atoms with Gasteiger partial charge in [0.1, 0.15) is 0 Å². The lowest BCUT2D eigenvalue weighted by Gasteiger charge is -2.23. The molecule has 3 heteroatoms. The van der Waals surface area contributed by atoms with Crippen molar-refractivity contribution in [1.82, 2.24) is 5.32 Å². The van der Waals surface area contributed by atoms with Crippen molar-refractivity contribution < 1.29 is 4.74 Å². The molecule has 0 bridgehead atoms. The molecule has 2 atom stereocenters. The Labute approximate surface area is 117 Å². The van der Waals surface area contributed by atoms with Crippen molar-refractivity contribution in [3.63, 3.8) is 0 Å². The maximum Gasteiger partial charge on any atom is 0.0616 e. The summed E-state index contributed by atoms with van der Waals surface area (Å²) >= 11 is 0. The van der Waals surface area contributed by atoms with E-state index in [0.29, 0.717) is 12.1 Å². The summed E-state index contributed by atoms with van der Waals surface area (Å²) in [6.45, 7) is 5.85. The Kier molecular flexibility index (Phi) is 7.72. The van der Waals surface area contributed by atoms with E-state index in [-0.39, 0.29) is 0 Å². The van der Waals surface area contributed by atoms with Crippen LogP contribution in [-0.2, 0) is 11.2 Å². The van der Waals surface area contributed by atoms with Gasteiger partial charge in [0.2, 0.25) is 0 Å². The van der Waals surface area contributed by atoms with Gasteiger partial charge in [0.05, 0.1) is 6.61 Å². The second-order valence-electron chi connectivity index (χ2n) is 5.07. The first-order chi connectivity index (χ1) is 9.21. The number of nitrogens with one attached hydrogen (secondary N) is 1. The molecule has 0 spiro atoms. The molecule has 0 heterocycles. The molecule has 1 aromatic rings. The number of methoxy groups -OCH3 is 1. The molecule has 3 nitrogen and oxygen atoms in total. The molecule has 0 saturated heterocycles. The van der Waals surface area contributed by atoms with Crippen LogP contribution in [-0.4, -0.2) is 26.3 Å². The molecule has 0 aliphatic heterocycles. The Morgan fingerprint density at radius 2 is 1.95 bits per heavy atom. The fraction of sp³-hybridized carbons (Fsp3) is 0.625. The van der Waals surface area contributed by atoms with E-state index in [2.05, 4.69) is 43.4 Å². The van der Waals surface area contributed by atoms with Crippen LogP contribution < -0.4 is 11.1 Å².